The Bertz CT molecular complexity index is 150. The molecule has 0 bridgehead atoms. The molecule has 78 valence electrons. The topological polar surface area (TPSA) is 53.7 Å². The maximum absolute atomic E-state index is 5.55. The van der Waals surface area contributed by atoms with Crippen molar-refractivity contribution in [3.63, 3.8) is 0 Å². The Kier molecular flexibility index (Phi) is 4.12. The van der Waals surface area contributed by atoms with Crippen LogP contribution in [0.25, 0.3) is 0 Å². The van der Waals surface area contributed by atoms with Gasteiger partial charge in [-0.3, -0.25) is 0 Å². The third kappa shape index (κ3) is 4.04. The molecule has 1 aliphatic rings. The molecule has 0 aliphatic carbocycles. The Morgan fingerprint density at radius 3 is 2.85 bits per heavy atom. The predicted octanol–water partition coefficient (Wildman–Crippen LogP) is 0.503. The largest absolute Gasteiger partial charge is 0.379 e. The molecule has 0 aromatic heterocycles. The molecule has 0 aromatic carbocycles. The molecule has 1 saturated heterocycles. The highest BCUT2D eigenvalue weighted by Gasteiger charge is 2.32. The van der Waals surface area contributed by atoms with E-state index in [9.17, 15) is 0 Å². The molecule has 0 amide bonds. The maximum atomic E-state index is 5.55. The maximum Gasteiger partial charge on any atom is 0.163 e. The fraction of sp³-hybridized carbons (Fsp3) is 1.00. The van der Waals surface area contributed by atoms with Crippen LogP contribution >= 0.6 is 0 Å². The van der Waals surface area contributed by atoms with Gasteiger partial charge < -0.3 is 19.9 Å². The van der Waals surface area contributed by atoms with Crippen molar-refractivity contribution in [2.24, 2.45) is 5.73 Å². The van der Waals surface area contributed by atoms with Gasteiger partial charge in [0.05, 0.1) is 13.2 Å². The third-order valence-electron chi connectivity index (χ3n) is 1.86. The van der Waals surface area contributed by atoms with Crippen LogP contribution in [0.15, 0.2) is 0 Å². The first-order chi connectivity index (χ1) is 6.14. The minimum Gasteiger partial charge on any atom is -0.379 e. The van der Waals surface area contributed by atoms with E-state index in [1.165, 1.54) is 0 Å². The first-order valence-corrected chi connectivity index (χ1v) is 4.73. The summed E-state index contributed by atoms with van der Waals surface area (Å²) in [6.45, 7) is 6.42. The first-order valence-electron chi connectivity index (χ1n) is 4.73. The van der Waals surface area contributed by atoms with Crippen LogP contribution in [-0.4, -0.2) is 38.3 Å². The Morgan fingerprint density at radius 1 is 1.54 bits per heavy atom. The lowest BCUT2D eigenvalue weighted by molar-refractivity contribution is -0.145. The predicted molar refractivity (Wildman–Crippen MR) is 49.4 cm³/mol. The van der Waals surface area contributed by atoms with Gasteiger partial charge in [0.1, 0.15) is 6.10 Å². The lowest BCUT2D eigenvalue weighted by Crippen LogP contribution is -2.24. The summed E-state index contributed by atoms with van der Waals surface area (Å²) in [6, 6.07) is 0. The molecule has 0 unspecified atom stereocenters. The molecule has 1 atom stereocenters. The van der Waals surface area contributed by atoms with E-state index in [4.69, 9.17) is 19.9 Å². The minimum absolute atomic E-state index is 0.0766. The summed E-state index contributed by atoms with van der Waals surface area (Å²) in [5, 5.41) is 0. The lowest BCUT2D eigenvalue weighted by atomic mass is 10.4. The van der Waals surface area contributed by atoms with Crippen molar-refractivity contribution in [2.45, 2.75) is 32.2 Å². The summed E-state index contributed by atoms with van der Waals surface area (Å²) >= 11 is 0. The van der Waals surface area contributed by atoms with Gasteiger partial charge in [-0.15, -0.1) is 0 Å². The van der Waals surface area contributed by atoms with Crippen molar-refractivity contribution in [3.8, 4) is 0 Å². The highest BCUT2D eigenvalue weighted by Crippen LogP contribution is 2.22. The number of ether oxygens (including phenoxy) is 3. The van der Waals surface area contributed by atoms with Gasteiger partial charge in [0.15, 0.2) is 5.79 Å². The summed E-state index contributed by atoms with van der Waals surface area (Å²) in [5.74, 6) is -0.443. The van der Waals surface area contributed by atoms with Crippen LogP contribution in [0.1, 0.15) is 20.3 Å². The number of rotatable bonds is 5. The zero-order valence-electron chi connectivity index (χ0n) is 8.41. The molecule has 1 fully saturated rings. The third-order valence-corrected chi connectivity index (χ3v) is 1.86. The molecule has 1 aliphatic heterocycles. The zero-order valence-corrected chi connectivity index (χ0v) is 8.41. The molecule has 2 N–H and O–H groups in total. The molecule has 0 saturated carbocycles. The van der Waals surface area contributed by atoms with Crippen molar-refractivity contribution < 1.29 is 14.2 Å². The molecule has 0 aromatic rings. The van der Waals surface area contributed by atoms with Gasteiger partial charge in [0, 0.05) is 6.61 Å². The Balaban J connectivity index is 2.04. The SMILES string of the molecule is CC1(C)OC[C@H](COCCCN)O1. The second-order valence-corrected chi connectivity index (χ2v) is 3.67. The van der Waals surface area contributed by atoms with E-state index in [0.29, 0.717) is 26.4 Å². The van der Waals surface area contributed by atoms with Gasteiger partial charge in [0.25, 0.3) is 0 Å². The normalized spacial score (nSPS) is 26.5. The molecule has 1 rings (SSSR count). The standard InChI is InChI=1S/C9H19NO3/c1-9(2)12-7-8(13-9)6-11-5-3-4-10/h8H,3-7,10H2,1-2H3/t8-/m0/s1. The minimum atomic E-state index is -0.443. The zero-order chi connectivity index (χ0) is 9.73. The second-order valence-electron chi connectivity index (χ2n) is 3.67. The smallest absolute Gasteiger partial charge is 0.163 e. The van der Waals surface area contributed by atoms with Crippen LogP contribution in [0.2, 0.25) is 0 Å². The van der Waals surface area contributed by atoms with Crippen LogP contribution in [-0.2, 0) is 14.2 Å². The second kappa shape index (κ2) is 4.91. The lowest BCUT2D eigenvalue weighted by Gasteiger charge is -2.16. The van der Waals surface area contributed by atoms with Crippen LogP contribution in [0.5, 0.6) is 0 Å². The molecule has 4 nitrogen and oxygen atoms in total. The molecule has 13 heavy (non-hydrogen) atoms. The van der Waals surface area contributed by atoms with Crippen molar-refractivity contribution in [1.29, 1.82) is 0 Å². The van der Waals surface area contributed by atoms with E-state index < -0.39 is 5.79 Å². The fourth-order valence-electron chi connectivity index (χ4n) is 1.25. The summed E-state index contributed by atoms with van der Waals surface area (Å²) < 4.78 is 16.3. The monoisotopic (exact) mass is 189 g/mol. The van der Waals surface area contributed by atoms with E-state index >= 15 is 0 Å². The van der Waals surface area contributed by atoms with Crippen molar-refractivity contribution in [2.75, 3.05) is 26.4 Å². The average molecular weight is 189 g/mol. The van der Waals surface area contributed by atoms with Crippen LogP contribution in [0, 0.1) is 0 Å². The Morgan fingerprint density at radius 2 is 2.31 bits per heavy atom. The van der Waals surface area contributed by atoms with E-state index in [0.717, 1.165) is 6.42 Å². The quantitative estimate of drug-likeness (QED) is 0.640. The number of hydrogen-bond donors (Lipinski definition) is 1. The molecule has 4 heteroatoms. The summed E-state index contributed by atoms with van der Waals surface area (Å²) in [4.78, 5) is 0. The summed E-state index contributed by atoms with van der Waals surface area (Å²) in [5.41, 5.74) is 5.33. The molecule has 0 radical (unpaired) electrons. The van der Waals surface area contributed by atoms with E-state index in [1.807, 2.05) is 13.8 Å². The summed E-state index contributed by atoms with van der Waals surface area (Å²) in [7, 11) is 0. The van der Waals surface area contributed by atoms with E-state index in [1.54, 1.807) is 0 Å². The van der Waals surface area contributed by atoms with Crippen molar-refractivity contribution >= 4 is 0 Å². The molecule has 0 spiro atoms. The van der Waals surface area contributed by atoms with Gasteiger partial charge >= 0.3 is 0 Å². The highest BCUT2D eigenvalue weighted by atomic mass is 16.7. The van der Waals surface area contributed by atoms with Gasteiger partial charge in [-0.1, -0.05) is 0 Å². The number of hydrogen-bond acceptors (Lipinski definition) is 4. The highest BCUT2D eigenvalue weighted by molar-refractivity contribution is 4.70. The summed E-state index contributed by atoms with van der Waals surface area (Å²) in [6.07, 6.45) is 0.976. The van der Waals surface area contributed by atoms with Crippen molar-refractivity contribution in [1.82, 2.24) is 0 Å². The first kappa shape index (κ1) is 10.9. The molecular weight excluding hydrogens is 170 g/mol. The Labute approximate surface area is 79.3 Å². The van der Waals surface area contributed by atoms with Gasteiger partial charge in [-0.2, -0.15) is 0 Å². The molecule has 1 heterocycles. The van der Waals surface area contributed by atoms with Crippen LogP contribution in [0.3, 0.4) is 0 Å². The van der Waals surface area contributed by atoms with E-state index in [-0.39, 0.29) is 6.10 Å². The molecular formula is C9H19NO3. The van der Waals surface area contributed by atoms with Gasteiger partial charge in [0.2, 0.25) is 0 Å². The van der Waals surface area contributed by atoms with Crippen molar-refractivity contribution in [3.05, 3.63) is 0 Å². The number of nitrogens with two attached hydrogens (primary N) is 1. The van der Waals surface area contributed by atoms with Gasteiger partial charge in [-0.25, -0.2) is 0 Å². The fourth-order valence-corrected chi connectivity index (χ4v) is 1.25. The van der Waals surface area contributed by atoms with Crippen LogP contribution in [0.4, 0.5) is 0 Å². The van der Waals surface area contributed by atoms with E-state index in [2.05, 4.69) is 0 Å². The Hall–Kier alpha value is -0.160. The average Bonchev–Trinajstić information content (AvgIpc) is 2.40. The van der Waals surface area contributed by atoms with Crippen LogP contribution < -0.4 is 5.73 Å². The van der Waals surface area contributed by atoms with Gasteiger partial charge in [-0.05, 0) is 26.8 Å².